The predicted octanol–water partition coefficient (Wildman–Crippen LogP) is 0.785. The number of esters is 1. The summed E-state index contributed by atoms with van der Waals surface area (Å²) >= 11 is 0. The molecule has 0 aliphatic rings. The molecule has 0 amide bonds. The zero-order valence-electron chi connectivity index (χ0n) is 8.03. The highest BCUT2D eigenvalue weighted by molar-refractivity contribution is 5.75. The van der Waals surface area contributed by atoms with Crippen LogP contribution in [0.25, 0.3) is 0 Å². The molecule has 0 aliphatic carbocycles. The minimum atomic E-state index is -0.438. The van der Waals surface area contributed by atoms with E-state index in [-0.39, 0.29) is 5.75 Å². The fraction of sp³-hybridized carbons (Fsp3) is 0.222. The van der Waals surface area contributed by atoms with Crippen molar-refractivity contribution in [3.8, 4) is 11.5 Å². The lowest BCUT2D eigenvalue weighted by Crippen LogP contribution is -2.05. The van der Waals surface area contributed by atoms with Crippen molar-refractivity contribution in [3.63, 3.8) is 0 Å². The van der Waals surface area contributed by atoms with Crippen LogP contribution >= 0.6 is 0 Å². The molecule has 4 N–H and O–H groups in total. The molecule has 1 rings (SSSR count). The summed E-state index contributed by atoms with van der Waals surface area (Å²) in [5, 5.41) is 0. The van der Waals surface area contributed by atoms with Crippen LogP contribution in [0.3, 0.4) is 0 Å². The van der Waals surface area contributed by atoms with E-state index in [9.17, 15) is 4.79 Å². The average Bonchev–Trinajstić information content (AvgIpc) is 2.10. The van der Waals surface area contributed by atoms with Crippen molar-refractivity contribution >= 4 is 17.3 Å². The Balaban J connectivity index is 3.13. The Morgan fingerprint density at radius 3 is 2.14 bits per heavy atom. The van der Waals surface area contributed by atoms with Gasteiger partial charge in [0.05, 0.1) is 18.5 Å². The molecule has 0 radical (unpaired) electrons. The smallest absolute Gasteiger partial charge is 0.308 e. The van der Waals surface area contributed by atoms with Crippen LogP contribution in [0.4, 0.5) is 11.4 Å². The third-order valence-corrected chi connectivity index (χ3v) is 1.62. The van der Waals surface area contributed by atoms with Gasteiger partial charge in [0, 0.05) is 19.1 Å². The van der Waals surface area contributed by atoms with Crippen LogP contribution in [0.2, 0.25) is 0 Å². The highest BCUT2D eigenvalue weighted by Crippen LogP contribution is 2.33. The summed E-state index contributed by atoms with van der Waals surface area (Å²) < 4.78 is 9.84. The van der Waals surface area contributed by atoms with Gasteiger partial charge in [0.25, 0.3) is 0 Å². The van der Waals surface area contributed by atoms with Crippen molar-refractivity contribution in [2.45, 2.75) is 6.92 Å². The maximum absolute atomic E-state index is 10.7. The van der Waals surface area contributed by atoms with Gasteiger partial charge in [-0.3, -0.25) is 4.79 Å². The molecule has 0 atom stereocenters. The summed E-state index contributed by atoms with van der Waals surface area (Å²) in [6.07, 6.45) is 0. The molecule has 0 aromatic heterocycles. The number of hydrogen-bond donors (Lipinski definition) is 2. The normalized spacial score (nSPS) is 9.57. The molecule has 1 aromatic rings. The zero-order chi connectivity index (χ0) is 10.7. The van der Waals surface area contributed by atoms with Gasteiger partial charge in [0.15, 0.2) is 11.5 Å². The van der Waals surface area contributed by atoms with Crippen molar-refractivity contribution in [2.75, 3.05) is 18.6 Å². The molecule has 5 heteroatoms. The summed E-state index contributed by atoms with van der Waals surface area (Å²) in [5.41, 5.74) is 11.8. The molecule has 0 unspecified atom stereocenters. The number of carbonyl (C=O) groups is 1. The first-order valence-electron chi connectivity index (χ1n) is 3.96. The summed E-state index contributed by atoms with van der Waals surface area (Å²) in [6.45, 7) is 1.30. The van der Waals surface area contributed by atoms with Crippen LogP contribution in [0, 0.1) is 0 Å². The van der Waals surface area contributed by atoms with Crippen LogP contribution in [0.1, 0.15) is 6.92 Å². The minimum Gasteiger partial charge on any atom is -0.493 e. The first kappa shape index (κ1) is 10.2. The Hall–Kier alpha value is -1.91. The highest BCUT2D eigenvalue weighted by atomic mass is 16.6. The maximum atomic E-state index is 10.7. The fourth-order valence-corrected chi connectivity index (χ4v) is 0.986. The van der Waals surface area contributed by atoms with E-state index in [4.69, 9.17) is 20.9 Å². The first-order valence-corrected chi connectivity index (χ1v) is 3.96. The third-order valence-electron chi connectivity index (χ3n) is 1.62. The fourth-order valence-electron chi connectivity index (χ4n) is 0.986. The van der Waals surface area contributed by atoms with E-state index < -0.39 is 5.97 Å². The van der Waals surface area contributed by atoms with E-state index in [0.717, 1.165) is 0 Å². The standard InChI is InChI=1S/C9H12N2O3/c1-5(12)14-9-4-7(11)6(10)3-8(9)13-2/h3-4H,10-11H2,1-2H3. The predicted molar refractivity (Wildman–Crippen MR) is 53.1 cm³/mol. The van der Waals surface area contributed by atoms with Crippen molar-refractivity contribution in [3.05, 3.63) is 12.1 Å². The van der Waals surface area contributed by atoms with E-state index >= 15 is 0 Å². The van der Waals surface area contributed by atoms with E-state index in [1.807, 2.05) is 0 Å². The number of carbonyl (C=O) groups excluding carboxylic acids is 1. The van der Waals surface area contributed by atoms with Crippen LogP contribution in [-0.2, 0) is 4.79 Å². The third kappa shape index (κ3) is 2.07. The van der Waals surface area contributed by atoms with E-state index in [1.54, 1.807) is 0 Å². The number of ether oxygens (including phenoxy) is 2. The molecule has 1 aromatic carbocycles. The monoisotopic (exact) mass is 196 g/mol. The topological polar surface area (TPSA) is 87.6 Å². The summed E-state index contributed by atoms with van der Waals surface area (Å²) in [5.74, 6) is 0.214. The number of benzene rings is 1. The Morgan fingerprint density at radius 2 is 1.71 bits per heavy atom. The molecule has 0 fully saturated rings. The molecule has 14 heavy (non-hydrogen) atoms. The summed E-state index contributed by atoms with van der Waals surface area (Å²) in [4.78, 5) is 10.7. The summed E-state index contributed by atoms with van der Waals surface area (Å²) in [7, 11) is 1.46. The lowest BCUT2D eigenvalue weighted by atomic mass is 10.2. The van der Waals surface area contributed by atoms with Gasteiger partial charge in [0.1, 0.15) is 0 Å². The molecular formula is C9H12N2O3. The van der Waals surface area contributed by atoms with Gasteiger partial charge in [-0.1, -0.05) is 0 Å². The van der Waals surface area contributed by atoms with E-state index in [0.29, 0.717) is 17.1 Å². The van der Waals surface area contributed by atoms with Gasteiger partial charge < -0.3 is 20.9 Å². The summed E-state index contributed by atoms with van der Waals surface area (Å²) in [6, 6.07) is 2.96. The SMILES string of the molecule is COc1cc(N)c(N)cc1OC(C)=O. The number of rotatable bonds is 2. The van der Waals surface area contributed by atoms with Crippen molar-refractivity contribution in [2.24, 2.45) is 0 Å². The lowest BCUT2D eigenvalue weighted by Gasteiger charge is -2.10. The number of hydrogen-bond acceptors (Lipinski definition) is 5. The largest absolute Gasteiger partial charge is 0.493 e. The molecule has 0 spiro atoms. The second kappa shape index (κ2) is 3.87. The van der Waals surface area contributed by atoms with Gasteiger partial charge >= 0.3 is 5.97 Å². The molecule has 0 bridgehead atoms. The quantitative estimate of drug-likeness (QED) is 0.414. The minimum absolute atomic E-state index is 0.270. The van der Waals surface area contributed by atoms with Gasteiger partial charge in [-0.2, -0.15) is 0 Å². The van der Waals surface area contributed by atoms with Gasteiger partial charge in [0.2, 0.25) is 0 Å². The number of nitrogens with two attached hydrogens (primary N) is 2. The van der Waals surface area contributed by atoms with Crippen LogP contribution in [-0.4, -0.2) is 13.1 Å². The second-order valence-electron chi connectivity index (χ2n) is 2.73. The molecule has 0 heterocycles. The van der Waals surface area contributed by atoms with Crippen LogP contribution in [0.15, 0.2) is 12.1 Å². The zero-order valence-corrected chi connectivity index (χ0v) is 8.03. The van der Waals surface area contributed by atoms with Gasteiger partial charge in [-0.15, -0.1) is 0 Å². The van der Waals surface area contributed by atoms with Crippen molar-refractivity contribution in [1.29, 1.82) is 0 Å². The molecule has 5 nitrogen and oxygen atoms in total. The van der Waals surface area contributed by atoms with E-state index in [2.05, 4.69) is 0 Å². The molecule has 0 saturated heterocycles. The Bertz CT molecular complexity index is 363. The molecule has 0 saturated carbocycles. The number of nitrogen functional groups attached to an aromatic ring is 2. The van der Waals surface area contributed by atoms with Crippen molar-refractivity contribution in [1.82, 2.24) is 0 Å². The molecule has 0 aliphatic heterocycles. The first-order chi connectivity index (χ1) is 6.54. The van der Waals surface area contributed by atoms with Gasteiger partial charge in [-0.05, 0) is 0 Å². The number of methoxy groups -OCH3 is 1. The van der Waals surface area contributed by atoms with Crippen LogP contribution in [0.5, 0.6) is 11.5 Å². The maximum Gasteiger partial charge on any atom is 0.308 e. The highest BCUT2D eigenvalue weighted by Gasteiger charge is 2.09. The Kier molecular flexibility index (Phi) is 2.81. The van der Waals surface area contributed by atoms with Crippen LogP contribution < -0.4 is 20.9 Å². The van der Waals surface area contributed by atoms with Gasteiger partial charge in [-0.25, -0.2) is 0 Å². The van der Waals surface area contributed by atoms with E-state index in [1.165, 1.54) is 26.2 Å². The number of anilines is 2. The Labute approximate surface area is 81.6 Å². The lowest BCUT2D eigenvalue weighted by molar-refractivity contribution is -0.132. The molecule has 76 valence electrons. The molecular weight excluding hydrogens is 184 g/mol. The Morgan fingerprint density at radius 1 is 1.21 bits per heavy atom. The van der Waals surface area contributed by atoms with Crippen molar-refractivity contribution < 1.29 is 14.3 Å². The average molecular weight is 196 g/mol. The second-order valence-corrected chi connectivity index (χ2v) is 2.73.